The third-order valence-corrected chi connectivity index (χ3v) is 5.22. The van der Waals surface area contributed by atoms with Crippen LogP contribution in [0.3, 0.4) is 0 Å². The van der Waals surface area contributed by atoms with Crippen molar-refractivity contribution in [1.82, 2.24) is 9.97 Å². The molecule has 0 fully saturated rings. The van der Waals surface area contributed by atoms with Gasteiger partial charge in [-0.1, -0.05) is 41.5 Å². The fourth-order valence-electron chi connectivity index (χ4n) is 2.36. The van der Waals surface area contributed by atoms with Crippen molar-refractivity contribution in [3.63, 3.8) is 0 Å². The lowest BCUT2D eigenvalue weighted by Crippen LogP contribution is -2.00. The molecule has 22 heavy (non-hydrogen) atoms. The average Bonchev–Trinajstić information content (AvgIpc) is 3.12. The van der Waals surface area contributed by atoms with E-state index >= 15 is 0 Å². The Kier molecular flexibility index (Phi) is 5.79. The molecule has 2 unspecified atom stereocenters. The maximum Gasteiger partial charge on any atom is 0.196 e. The maximum absolute atomic E-state index is 5.55. The van der Waals surface area contributed by atoms with Crippen molar-refractivity contribution in [3.8, 4) is 0 Å². The van der Waals surface area contributed by atoms with E-state index in [4.69, 9.17) is 9.40 Å². The van der Waals surface area contributed by atoms with E-state index in [-0.39, 0.29) is 0 Å². The van der Waals surface area contributed by atoms with Crippen LogP contribution in [0.5, 0.6) is 0 Å². The van der Waals surface area contributed by atoms with Crippen LogP contribution in [0, 0.1) is 0 Å². The lowest BCUT2D eigenvalue weighted by atomic mass is 9.96. The summed E-state index contributed by atoms with van der Waals surface area (Å²) in [5.41, 5.74) is 2.30. The molecule has 0 amide bonds. The van der Waals surface area contributed by atoms with Gasteiger partial charge in [-0.25, -0.2) is 9.97 Å². The van der Waals surface area contributed by atoms with Crippen molar-refractivity contribution in [2.75, 3.05) is 0 Å². The number of hydrogen-bond acceptors (Lipinski definition) is 4. The van der Waals surface area contributed by atoms with E-state index < -0.39 is 0 Å². The molecule has 0 radical (unpaired) electrons. The molecule has 0 bridgehead atoms. The first-order chi connectivity index (χ1) is 10.4. The van der Waals surface area contributed by atoms with Gasteiger partial charge in [0, 0.05) is 23.1 Å². The Morgan fingerprint density at radius 1 is 0.909 bits per heavy atom. The number of aromatic nitrogens is 2. The van der Waals surface area contributed by atoms with Crippen LogP contribution in [0.1, 0.15) is 100 Å². The predicted octanol–water partition coefficient (Wildman–Crippen LogP) is 6.07. The van der Waals surface area contributed by atoms with Gasteiger partial charge in [-0.2, -0.15) is 0 Å². The molecule has 2 atom stereocenters. The first-order valence-corrected chi connectivity index (χ1v) is 9.17. The molecule has 2 heterocycles. The first-order valence-electron chi connectivity index (χ1n) is 8.29. The normalized spacial score (nSPS) is 14.7. The maximum atomic E-state index is 5.55. The van der Waals surface area contributed by atoms with Crippen LogP contribution in [0.4, 0.5) is 0 Å². The summed E-state index contributed by atoms with van der Waals surface area (Å²) in [6.07, 6.45) is 4.07. The van der Waals surface area contributed by atoms with Gasteiger partial charge in [0.25, 0.3) is 0 Å². The highest BCUT2D eigenvalue weighted by molar-refractivity contribution is 7.09. The highest BCUT2D eigenvalue weighted by Crippen LogP contribution is 2.30. The van der Waals surface area contributed by atoms with E-state index in [2.05, 4.69) is 51.9 Å². The molecule has 0 aliphatic rings. The van der Waals surface area contributed by atoms with Crippen molar-refractivity contribution in [2.45, 2.75) is 78.1 Å². The summed E-state index contributed by atoms with van der Waals surface area (Å²) >= 11 is 1.80. The van der Waals surface area contributed by atoms with Crippen molar-refractivity contribution in [3.05, 3.63) is 33.9 Å². The van der Waals surface area contributed by atoms with Crippen LogP contribution in [0.2, 0.25) is 0 Å². The molecule has 0 N–H and O–H groups in total. The Balaban J connectivity index is 1.90. The minimum absolute atomic E-state index is 0.352. The second kappa shape index (κ2) is 7.40. The number of rotatable bonds is 7. The van der Waals surface area contributed by atoms with Gasteiger partial charge in [-0.3, -0.25) is 0 Å². The van der Waals surface area contributed by atoms with E-state index in [1.807, 2.05) is 6.26 Å². The zero-order valence-corrected chi connectivity index (χ0v) is 15.4. The van der Waals surface area contributed by atoms with Crippen LogP contribution in [-0.2, 0) is 0 Å². The van der Waals surface area contributed by atoms with Gasteiger partial charge >= 0.3 is 0 Å². The Morgan fingerprint density at radius 3 is 2.14 bits per heavy atom. The fourth-order valence-corrected chi connectivity index (χ4v) is 3.43. The van der Waals surface area contributed by atoms with Crippen molar-refractivity contribution >= 4 is 11.3 Å². The first kappa shape index (κ1) is 17.2. The SMILES string of the molecule is CC(C)c1csc(C(C)CCC(C)c2coc(C(C)C)n2)n1. The standard InChI is InChI=1S/C18H28N2OS/c1-11(2)16-10-22-18(20-16)14(6)8-7-13(5)15-9-21-17(19-15)12(3)4/h9-14H,7-8H2,1-6H3. The number of nitrogens with zero attached hydrogens (tertiary/aromatic N) is 2. The summed E-state index contributed by atoms with van der Waals surface area (Å²) in [7, 11) is 0. The summed E-state index contributed by atoms with van der Waals surface area (Å²) in [6.45, 7) is 13.1. The molecule has 2 aromatic rings. The second-order valence-electron chi connectivity index (χ2n) is 6.91. The van der Waals surface area contributed by atoms with Gasteiger partial charge < -0.3 is 4.42 Å². The highest BCUT2D eigenvalue weighted by atomic mass is 32.1. The van der Waals surface area contributed by atoms with Crippen LogP contribution in [0.15, 0.2) is 16.1 Å². The monoisotopic (exact) mass is 320 g/mol. The molecule has 0 aliphatic heterocycles. The van der Waals surface area contributed by atoms with Gasteiger partial charge in [-0.15, -0.1) is 11.3 Å². The zero-order chi connectivity index (χ0) is 16.3. The smallest absolute Gasteiger partial charge is 0.196 e. The minimum atomic E-state index is 0.352. The summed E-state index contributed by atoms with van der Waals surface area (Å²) in [4.78, 5) is 9.38. The van der Waals surface area contributed by atoms with Crippen LogP contribution < -0.4 is 0 Å². The van der Waals surface area contributed by atoms with E-state index in [1.54, 1.807) is 11.3 Å². The Hall–Kier alpha value is -1.16. The molecule has 0 saturated carbocycles. The summed E-state index contributed by atoms with van der Waals surface area (Å²) in [6, 6.07) is 0. The Labute approximate surface area is 138 Å². The largest absolute Gasteiger partial charge is 0.448 e. The topological polar surface area (TPSA) is 38.9 Å². The molecular formula is C18H28N2OS. The minimum Gasteiger partial charge on any atom is -0.448 e. The summed E-state index contributed by atoms with van der Waals surface area (Å²) in [5.74, 6) is 2.65. The van der Waals surface area contributed by atoms with Crippen molar-refractivity contribution < 1.29 is 4.42 Å². The molecule has 2 rings (SSSR count). The van der Waals surface area contributed by atoms with Gasteiger partial charge in [0.05, 0.1) is 16.4 Å². The molecule has 0 saturated heterocycles. The predicted molar refractivity (Wildman–Crippen MR) is 92.9 cm³/mol. The fraction of sp³-hybridized carbons (Fsp3) is 0.667. The molecule has 0 spiro atoms. The van der Waals surface area contributed by atoms with E-state index in [0.717, 1.165) is 24.4 Å². The lowest BCUT2D eigenvalue weighted by molar-refractivity contribution is 0.470. The molecule has 3 nitrogen and oxygen atoms in total. The van der Waals surface area contributed by atoms with Gasteiger partial charge in [0.2, 0.25) is 0 Å². The molecular weight excluding hydrogens is 292 g/mol. The molecule has 0 aliphatic carbocycles. The second-order valence-corrected chi connectivity index (χ2v) is 7.80. The average molecular weight is 321 g/mol. The molecule has 2 aromatic heterocycles. The number of oxazole rings is 1. The van der Waals surface area contributed by atoms with E-state index in [1.165, 1.54) is 10.7 Å². The van der Waals surface area contributed by atoms with Crippen molar-refractivity contribution in [2.24, 2.45) is 0 Å². The third-order valence-electron chi connectivity index (χ3n) is 4.12. The lowest BCUT2D eigenvalue weighted by Gasteiger charge is -2.12. The molecule has 122 valence electrons. The molecule has 0 aromatic carbocycles. The Morgan fingerprint density at radius 2 is 1.59 bits per heavy atom. The van der Waals surface area contributed by atoms with Crippen LogP contribution in [-0.4, -0.2) is 9.97 Å². The van der Waals surface area contributed by atoms with Gasteiger partial charge in [0.1, 0.15) is 6.26 Å². The van der Waals surface area contributed by atoms with Crippen LogP contribution in [0.25, 0.3) is 0 Å². The Bertz CT molecular complexity index is 533. The quantitative estimate of drug-likeness (QED) is 0.622. The zero-order valence-electron chi connectivity index (χ0n) is 14.6. The van der Waals surface area contributed by atoms with E-state index in [9.17, 15) is 0 Å². The highest BCUT2D eigenvalue weighted by Gasteiger charge is 2.17. The summed E-state index contributed by atoms with van der Waals surface area (Å²) < 4.78 is 5.55. The van der Waals surface area contributed by atoms with Gasteiger partial charge in [0.15, 0.2) is 5.89 Å². The molecule has 4 heteroatoms. The number of thiazole rings is 1. The van der Waals surface area contributed by atoms with Gasteiger partial charge in [-0.05, 0) is 18.8 Å². The number of hydrogen-bond donors (Lipinski definition) is 0. The van der Waals surface area contributed by atoms with Crippen molar-refractivity contribution in [1.29, 1.82) is 0 Å². The summed E-state index contributed by atoms with van der Waals surface area (Å²) in [5, 5.41) is 3.46. The third kappa shape index (κ3) is 4.19. The van der Waals surface area contributed by atoms with E-state index in [0.29, 0.717) is 23.7 Å². The van der Waals surface area contributed by atoms with Crippen LogP contribution >= 0.6 is 11.3 Å².